The van der Waals surface area contributed by atoms with Gasteiger partial charge in [-0.2, -0.15) is 5.10 Å². The number of hydrogen-bond acceptors (Lipinski definition) is 6. The Hall–Kier alpha value is -4.07. The Morgan fingerprint density at radius 1 is 1.00 bits per heavy atom. The minimum atomic E-state index is 0.633. The molecule has 0 atom stereocenters. The molecule has 0 saturated heterocycles. The van der Waals surface area contributed by atoms with Gasteiger partial charge in [0.1, 0.15) is 29.3 Å². The van der Waals surface area contributed by atoms with Gasteiger partial charge in [-0.3, -0.25) is 5.10 Å². The van der Waals surface area contributed by atoms with E-state index in [1.165, 1.54) is 0 Å². The molecule has 0 spiro atoms. The first-order valence-corrected chi connectivity index (χ1v) is 9.45. The zero-order valence-electron chi connectivity index (χ0n) is 16.6. The second kappa shape index (κ2) is 7.40. The van der Waals surface area contributed by atoms with Crippen LogP contribution in [0.1, 0.15) is 5.56 Å². The third kappa shape index (κ3) is 3.28. The average Bonchev–Trinajstić information content (AvgIpc) is 3.41. The van der Waals surface area contributed by atoms with Gasteiger partial charge in [0.15, 0.2) is 0 Å². The second-order valence-electron chi connectivity index (χ2n) is 6.92. The number of rotatable bonds is 6. The van der Waals surface area contributed by atoms with E-state index < -0.39 is 0 Å². The summed E-state index contributed by atoms with van der Waals surface area (Å²) in [6.45, 7) is 0.633. The van der Waals surface area contributed by atoms with Gasteiger partial charge in [-0.25, -0.2) is 9.97 Å². The molecule has 3 heterocycles. The van der Waals surface area contributed by atoms with E-state index in [-0.39, 0.29) is 0 Å². The van der Waals surface area contributed by atoms with E-state index in [0.29, 0.717) is 6.54 Å². The molecule has 0 fully saturated rings. The van der Waals surface area contributed by atoms with Crippen LogP contribution >= 0.6 is 0 Å². The second-order valence-corrected chi connectivity index (χ2v) is 6.92. The number of aromatic nitrogens is 5. The lowest BCUT2D eigenvalue weighted by atomic mass is 10.2. The number of aromatic amines is 1. The maximum absolute atomic E-state index is 5.38. The van der Waals surface area contributed by atoms with Crippen LogP contribution in [0.5, 0.6) is 11.5 Å². The van der Waals surface area contributed by atoms with Gasteiger partial charge in [-0.05, 0) is 42.0 Å². The highest BCUT2D eigenvalue weighted by atomic mass is 16.5. The van der Waals surface area contributed by atoms with Crippen LogP contribution in [0, 0.1) is 0 Å². The molecule has 150 valence electrons. The van der Waals surface area contributed by atoms with Crippen molar-refractivity contribution in [1.29, 1.82) is 0 Å². The molecule has 8 heteroatoms. The van der Waals surface area contributed by atoms with Crippen LogP contribution in [0.15, 0.2) is 61.2 Å². The van der Waals surface area contributed by atoms with Crippen molar-refractivity contribution < 1.29 is 9.47 Å². The van der Waals surface area contributed by atoms with E-state index in [1.54, 1.807) is 26.7 Å². The largest absolute Gasteiger partial charge is 0.497 e. The standard InChI is InChI=1S/C22H20N6O2/c1-29-17-7-14(8-18(10-17)30-2)12-28-6-5-19-21(23-13-24-22(19)28)26-16-4-3-15-11-25-27-20(15)9-16/h3-11,13H,12H2,1-2H3,(H,25,27)(H,23,24,26). The first-order valence-electron chi connectivity index (χ1n) is 9.45. The van der Waals surface area contributed by atoms with Crippen LogP contribution in [-0.2, 0) is 6.54 Å². The summed E-state index contributed by atoms with van der Waals surface area (Å²) in [5.41, 5.74) is 3.80. The van der Waals surface area contributed by atoms with Crippen molar-refractivity contribution in [3.8, 4) is 11.5 Å². The smallest absolute Gasteiger partial charge is 0.145 e. The molecule has 0 saturated carbocycles. The molecule has 8 nitrogen and oxygen atoms in total. The fourth-order valence-electron chi connectivity index (χ4n) is 3.54. The van der Waals surface area contributed by atoms with Gasteiger partial charge in [0, 0.05) is 29.9 Å². The summed E-state index contributed by atoms with van der Waals surface area (Å²) in [5, 5.41) is 12.4. The van der Waals surface area contributed by atoms with Gasteiger partial charge in [0.2, 0.25) is 0 Å². The van der Waals surface area contributed by atoms with Gasteiger partial charge >= 0.3 is 0 Å². The van der Waals surface area contributed by atoms with Gasteiger partial charge in [0.25, 0.3) is 0 Å². The third-order valence-electron chi connectivity index (χ3n) is 5.02. The predicted octanol–water partition coefficient (Wildman–Crippen LogP) is 4.12. The van der Waals surface area contributed by atoms with E-state index in [4.69, 9.17) is 9.47 Å². The molecule has 0 aliphatic carbocycles. The number of ether oxygens (including phenoxy) is 2. The zero-order chi connectivity index (χ0) is 20.5. The molecule has 0 aliphatic rings. The average molecular weight is 400 g/mol. The summed E-state index contributed by atoms with van der Waals surface area (Å²) in [4.78, 5) is 8.94. The number of hydrogen-bond donors (Lipinski definition) is 2. The molecule has 2 N–H and O–H groups in total. The van der Waals surface area contributed by atoms with E-state index in [0.717, 1.165) is 50.5 Å². The Bertz CT molecular complexity index is 1320. The normalized spacial score (nSPS) is 11.1. The van der Waals surface area contributed by atoms with E-state index >= 15 is 0 Å². The van der Waals surface area contributed by atoms with E-state index in [9.17, 15) is 0 Å². The summed E-state index contributed by atoms with van der Waals surface area (Å²) in [6, 6.07) is 13.9. The van der Waals surface area contributed by atoms with Crippen molar-refractivity contribution in [1.82, 2.24) is 24.7 Å². The molecule has 0 unspecified atom stereocenters. The quantitative estimate of drug-likeness (QED) is 0.446. The summed E-state index contributed by atoms with van der Waals surface area (Å²) in [5.74, 6) is 2.26. The maximum atomic E-state index is 5.38. The Morgan fingerprint density at radius 2 is 1.83 bits per heavy atom. The van der Waals surface area contributed by atoms with Crippen LogP contribution in [0.4, 0.5) is 11.5 Å². The molecule has 5 aromatic rings. The summed E-state index contributed by atoms with van der Waals surface area (Å²) < 4.78 is 12.8. The molecule has 2 aromatic carbocycles. The number of benzene rings is 2. The number of anilines is 2. The summed E-state index contributed by atoms with van der Waals surface area (Å²) >= 11 is 0. The van der Waals surface area contributed by atoms with Crippen LogP contribution < -0.4 is 14.8 Å². The number of nitrogens with zero attached hydrogens (tertiary/aromatic N) is 4. The Morgan fingerprint density at radius 3 is 2.63 bits per heavy atom. The minimum Gasteiger partial charge on any atom is -0.497 e. The number of H-pyrrole nitrogens is 1. The number of methoxy groups -OCH3 is 2. The Kier molecular flexibility index (Phi) is 4.44. The minimum absolute atomic E-state index is 0.633. The third-order valence-corrected chi connectivity index (χ3v) is 5.02. The van der Waals surface area contributed by atoms with Crippen LogP contribution in [0.25, 0.3) is 21.9 Å². The van der Waals surface area contributed by atoms with Gasteiger partial charge in [0.05, 0.1) is 31.3 Å². The Labute approximate surface area is 172 Å². The zero-order valence-corrected chi connectivity index (χ0v) is 16.6. The lowest BCUT2D eigenvalue weighted by Gasteiger charge is -2.10. The topological polar surface area (TPSA) is 89.9 Å². The van der Waals surface area contributed by atoms with Crippen LogP contribution in [-0.4, -0.2) is 39.0 Å². The van der Waals surface area contributed by atoms with Gasteiger partial charge < -0.3 is 19.4 Å². The molecular formula is C22H20N6O2. The SMILES string of the molecule is COc1cc(Cn2ccc3c(Nc4ccc5cn[nH]c5c4)ncnc32)cc(OC)c1. The molecule has 30 heavy (non-hydrogen) atoms. The summed E-state index contributed by atoms with van der Waals surface area (Å²) in [7, 11) is 3.30. The molecule has 3 aromatic heterocycles. The lowest BCUT2D eigenvalue weighted by molar-refractivity contribution is 0.393. The van der Waals surface area contributed by atoms with Crippen molar-refractivity contribution in [3.63, 3.8) is 0 Å². The number of nitrogens with one attached hydrogen (secondary N) is 2. The molecule has 0 aliphatic heterocycles. The van der Waals surface area contributed by atoms with Gasteiger partial charge in [-0.1, -0.05) is 0 Å². The van der Waals surface area contributed by atoms with E-state index in [1.807, 2.05) is 48.7 Å². The monoisotopic (exact) mass is 400 g/mol. The highest BCUT2D eigenvalue weighted by molar-refractivity contribution is 5.90. The molecule has 0 radical (unpaired) electrons. The van der Waals surface area contributed by atoms with Crippen molar-refractivity contribution in [2.45, 2.75) is 6.54 Å². The number of fused-ring (bicyclic) bond motifs is 2. The molecule has 0 bridgehead atoms. The van der Waals surface area contributed by atoms with Gasteiger partial charge in [-0.15, -0.1) is 0 Å². The van der Waals surface area contributed by atoms with E-state index in [2.05, 4.69) is 30.0 Å². The highest BCUT2D eigenvalue weighted by Crippen LogP contribution is 2.27. The molecule has 5 rings (SSSR count). The Balaban J connectivity index is 1.47. The van der Waals surface area contributed by atoms with Crippen molar-refractivity contribution >= 4 is 33.4 Å². The lowest BCUT2D eigenvalue weighted by Crippen LogP contribution is -2.02. The fourth-order valence-corrected chi connectivity index (χ4v) is 3.54. The maximum Gasteiger partial charge on any atom is 0.145 e. The van der Waals surface area contributed by atoms with Crippen molar-refractivity contribution in [2.24, 2.45) is 0 Å². The van der Waals surface area contributed by atoms with Crippen molar-refractivity contribution in [2.75, 3.05) is 19.5 Å². The molecule has 0 amide bonds. The fraction of sp³-hybridized carbons (Fsp3) is 0.136. The molecular weight excluding hydrogens is 380 g/mol. The van der Waals surface area contributed by atoms with Crippen molar-refractivity contribution in [3.05, 3.63) is 66.7 Å². The first-order chi connectivity index (χ1) is 14.7. The predicted molar refractivity (Wildman–Crippen MR) is 116 cm³/mol. The highest BCUT2D eigenvalue weighted by Gasteiger charge is 2.11. The van der Waals surface area contributed by atoms with Crippen LogP contribution in [0.3, 0.4) is 0 Å². The first kappa shape index (κ1) is 18.0. The van der Waals surface area contributed by atoms with Crippen LogP contribution in [0.2, 0.25) is 0 Å². The summed E-state index contributed by atoms with van der Waals surface area (Å²) in [6.07, 6.45) is 5.38.